The number of carbonyl (C=O) groups excluding carboxylic acids is 1. The molecular formula is C14H12ClN3O5. The van der Waals surface area contributed by atoms with Crippen molar-refractivity contribution < 1.29 is 19.2 Å². The summed E-state index contributed by atoms with van der Waals surface area (Å²) in [4.78, 5) is 29.1. The van der Waals surface area contributed by atoms with Gasteiger partial charge in [0.2, 0.25) is 0 Å². The Balaban J connectivity index is 2.05. The van der Waals surface area contributed by atoms with E-state index in [2.05, 4.69) is 14.7 Å². The number of esters is 1. The highest BCUT2D eigenvalue weighted by Crippen LogP contribution is 2.43. The predicted molar refractivity (Wildman–Crippen MR) is 80.0 cm³/mol. The van der Waals surface area contributed by atoms with E-state index in [1.807, 2.05) is 0 Å². The van der Waals surface area contributed by atoms with Crippen LogP contribution in [0.2, 0.25) is 5.02 Å². The Labute approximate surface area is 135 Å². The SMILES string of the molecule is COC(=O)c1cnc(C2CCOc3c(Cl)cc([N+](=O)[O-])cc32)[nH]1. The molecule has 8 nitrogen and oxygen atoms in total. The number of aromatic amines is 1. The molecule has 0 amide bonds. The van der Waals surface area contributed by atoms with E-state index in [9.17, 15) is 14.9 Å². The van der Waals surface area contributed by atoms with E-state index in [1.54, 1.807) is 0 Å². The summed E-state index contributed by atoms with van der Waals surface area (Å²) in [5.74, 6) is 0.0960. The van der Waals surface area contributed by atoms with Gasteiger partial charge in [0.1, 0.15) is 17.3 Å². The second kappa shape index (κ2) is 5.88. The fourth-order valence-electron chi connectivity index (χ4n) is 2.56. The highest BCUT2D eigenvalue weighted by atomic mass is 35.5. The lowest BCUT2D eigenvalue weighted by Crippen LogP contribution is -2.17. The number of nitrogens with zero attached hydrogens (tertiary/aromatic N) is 2. The number of imidazole rings is 1. The smallest absolute Gasteiger partial charge is 0.356 e. The van der Waals surface area contributed by atoms with Gasteiger partial charge in [0.15, 0.2) is 0 Å². The van der Waals surface area contributed by atoms with E-state index in [0.29, 0.717) is 30.2 Å². The Kier molecular flexibility index (Phi) is 3.91. The summed E-state index contributed by atoms with van der Waals surface area (Å²) in [6.45, 7) is 0.392. The molecule has 0 aliphatic carbocycles. The molecule has 3 rings (SSSR count). The number of hydrogen-bond donors (Lipinski definition) is 1. The van der Waals surface area contributed by atoms with Crippen molar-refractivity contribution in [2.45, 2.75) is 12.3 Å². The predicted octanol–water partition coefficient (Wildman–Crippen LogP) is 2.67. The number of nitro groups is 1. The van der Waals surface area contributed by atoms with Crippen LogP contribution >= 0.6 is 11.6 Å². The number of benzene rings is 1. The molecule has 1 N–H and O–H groups in total. The molecule has 0 radical (unpaired) electrons. The molecule has 2 heterocycles. The van der Waals surface area contributed by atoms with Crippen LogP contribution in [0.5, 0.6) is 5.75 Å². The first kappa shape index (κ1) is 15.3. The zero-order valence-corrected chi connectivity index (χ0v) is 12.8. The lowest BCUT2D eigenvalue weighted by Gasteiger charge is -2.25. The van der Waals surface area contributed by atoms with Gasteiger partial charge in [-0.2, -0.15) is 0 Å². The van der Waals surface area contributed by atoms with Crippen LogP contribution in [0.15, 0.2) is 18.3 Å². The third kappa shape index (κ3) is 2.72. The number of H-pyrrole nitrogens is 1. The molecule has 1 aromatic carbocycles. The number of halogens is 1. The Hall–Kier alpha value is -2.61. The molecule has 9 heteroatoms. The number of carbonyl (C=O) groups is 1. The van der Waals surface area contributed by atoms with Crippen molar-refractivity contribution in [3.8, 4) is 5.75 Å². The first-order valence-corrected chi connectivity index (χ1v) is 7.13. The first-order chi connectivity index (χ1) is 11.0. The number of non-ortho nitro benzene ring substituents is 1. The summed E-state index contributed by atoms with van der Waals surface area (Å²) in [7, 11) is 1.27. The van der Waals surface area contributed by atoms with Crippen LogP contribution in [0.3, 0.4) is 0 Å². The first-order valence-electron chi connectivity index (χ1n) is 6.75. The van der Waals surface area contributed by atoms with Gasteiger partial charge in [-0.1, -0.05) is 11.6 Å². The maximum Gasteiger partial charge on any atom is 0.356 e. The summed E-state index contributed by atoms with van der Waals surface area (Å²) in [5, 5.41) is 11.2. The van der Waals surface area contributed by atoms with Crippen molar-refractivity contribution in [3.05, 3.63) is 50.5 Å². The number of methoxy groups -OCH3 is 1. The second-order valence-electron chi connectivity index (χ2n) is 4.97. The van der Waals surface area contributed by atoms with Gasteiger partial charge in [-0.25, -0.2) is 9.78 Å². The summed E-state index contributed by atoms with van der Waals surface area (Å²) < 4.78 is 10.2. The molecule has 1 unspecified atom stereocenters. The lowest BCUT2D eigenvalue weighted by molar-refractivity contribution is -0.384. The van der Waals surface area contributed by atoms with Gasteiger partial charge in [-0.15, -0.1) is 0 Å². The van der Waals surface area contributed by atoms with Crippen LogP contribution in [0, 0.1) is 10.1 Å². The van der Waals surface area contributed by atoms with E-state index in [0.717, 1.165) is 0 Å². The topological polar surface area (TPSA) is 107 Å². The van der Waals surface area contributed by atoms with E-state index in [1.165, 1.54) is 25.4 Å². The normalized spacial score (nSPS) is 16.3. The molecule has 1 aromatic heterocycles. The molecule has 23 heavy (non-hydrogen) atoms. The van der Waals surface area contributed by atoms with E-state index < -0.39 is 10.9 Å². The van der Waals surface area contributed by atoms with E-state index >= 15 is 0 Å². The lowest BCUT2D eigenvalue weighted by atomic mass is 9.92. The number of hydrogen-bond acceptors (Lipinski definition) is 6. The van der Waals surface area contributed by atoms with Crippen LogP contribution in [0.1, 0.15) is 34.2 Å². The van der Waals surface area contributed by atoms with Crippen LogP contribution < -0.4 is 4.74 Å². The minimum atomic E-state index is -0.534. The Morgan fingerprint density at radius 2 is 2.35 bits per heavy atom. The second-order valence-corrected chi connectivity index (χ2v) is 5.37. The van der Waals surface area contributed by atoms with Gasteiger partial charge in [-0.05, 0) is 6.42 Å². The molecule has 2 aromatic rings. The number of rotatable bonds is 3. The third-order valence-corrected chi connectivity index (χ3v) is 3.91. The van der Waals surface area contributed by atoms with E-state index in [4.69, 9.17) is 16.3 Å². The molecule has 0 fully saturated rings. The minimum absolute atomic E-state index is 0.121. The number of nitrogens with one attached hydrogen (secondary N) is 1. The van der Waals surface area contributed by atoms with Crippen molar-refractivity contribution in [1.29, 1.82) is 0 Å². The standard InChI is InChI=1S/C14H12ClN3O5/c1-22-14(19)11-6-16-13(17-11)8-2-3-23-12-9(8)4-7(18(20)21)5-10(12)15/h4-6,8H,2-3H2,1H3,(H,16,17). The van der Waals surface area contributed by atoms with Gasteiger partial charge >= 0.3 is 5.97 Å². The molecule has 0 bridgehead atoms. The average molecular weight is 338 g/mol. The summed E-state index contributed by atoms with van der Waals surface area (Å²) in [5.41, 5.74) is 0.664. The molecule has 0 spiro atoms. The van der Waals surface area contributed by atoms with Crippen molar-refractivity contribution in [2.24, 2.45) is 0 Å². The highest BCUT2D eigenvalue weighted by molar-refractivity contribution is 6.32. The number of ether oxygens (including phenoxy) is 2. The fraction of sp³-hybridized carbons (Fsp3) is 0.286. The van der Waals surface area contributed by atoms with Crippen LogP contribution in [0.4, 0.5) is 5.69 Å². The molecule has 120 valence electrons. The maximum atomic E-state index is 11.5. The summed E-state index contributed by atoms with van der Waals surface area (Å²) >= 11 is 6.09. The molecular weight excluding hydrogens is 326 g/mol. The van der Waals surface area contributed by atoms with Gasteiger partial charge in [-0.3, -0.25) is 10.1 Å². The molecule has 0 saturated carbocycles. The van der Waals surface area contributed by atoms with Gasteiger partial charge in [0.05, 0.1) is 29.9 Å². The number of fused-ring (bicyclic) bond motifs is 1. The molecule has 0 saturated heterocycles. The van der Waals surface area contributed by atoms with Crippen molar-refractivity contribution >= 4 is 23.3 Å². The maximum absolute atomic E-state index is 11.5. The Morgan fingerprint density at radius 1 is 1.57 bits per heavy atom. The van der Waals surface area contributed by atoms with Crippen LogP contribution in [-0.4, -0.2) is 34.6 Å². The number of nitro benzene ring substituents is 1. The van der Waals surface area contributed by atoms with Crippen LogP contribution in [0.25, 0.3) is 0 Å². The Morgan fingerprint density at radius 3 is 3.04 bits per heavy atom. The molecule has 1 aliphatic heterocycles. The van der Waals surface area contributed by atoms with Crippen molar-refractivity contribution in [3.63, 3.8) is 0 Å². The molecule has 1 atom stereocenters. The average Bonchev–Trinajstić information content (AvgIpc) is 3.03. The van der Waals surface area contributed by atoms with Crippen LogP contribution in [-0.2, 0) is 4.74 Å². The highest BCUT2D eigenvalue weighted by Gasteiger charge is 2.30. The van der Waals surface area contributed by atoms with Gasteiger partial charge in [0.25, 0.3) is 5.69 Å². The third-order valence-electron chi connectivity index (χ3n) is 3.63. The van der Waals surface area contributed by atoms with Crippen molar-refractivity contribution in [1.82, 2.24) is 9.97 Å². The minimum Gasteiger partial charge on any atom is -0.492 e. The molecule has 1 aliphatic rings. The number of aromatic nitrogens is 2. The Bertz CT molecular complexity index is 789. The fourth-order valence-corrected chi connectivity index (χ4v) is 2.84. The summed E-state index contributed by atoms with van der Waals surface area (Å²) in [6.07, 6.45) is 1.92. The zero-order chi connectivity index (χ0) is 16.6. The monoisotopic (exact) mass is 337 g/mol. The summed E-state index contributed by atoms with van der Waals surface area (Å²) in [6, 6.07) is 2.68. The quantitative estimate of drug-likeness (QED) is 0.524. The van der Waals surface area contributed by atoms with Gasteiger partial charge in [0, 0.05) is 23.6 Å². The van der Waals surface area contributed by atoms with Gasteiger partial charge < -0.3 is 14.5 Å². The van der Waals surface area contributed by atoms with E-state index in [-0.39, 0.29) is 22.3 Å². The zero-order valence-electron chi connectivity index (χ0n) is 12.0. The van der Waals surface area contributed by atoms with Crippen molar-refractivity contribution in [2.75, 3.05) is 13.7 Å². The largest absolute Gasteiger partial charge is 0.492 e.